The van der Waals surface area contributed by atoms with Gasteiger partial charge in [0.15, 0.2) is 0 Å². The molecule has 1 saturated heterocycles. The molecule has 14 heavy (non-hydrogen) atoms. The van der Waals surface area contributed by atoms with Crippen molar-refractivity contribution in [1.29, 1.82) is 0 Å². The Morgan fingerprint density at radius 2 is 2.50 bits per heavy atom. The molecule has 2 heterocycles. The van der Waals surface area contributed by atoms with E-state index >= 15 is 0 Å². The van der Waals surface area contributed by atoms with Crippen LogP contribution in [0.2, 0.25) is 4.34 Å². The lowest BCUT2D eigenvalue weighted by atomic mass is 10.1. The molecule has 1 aliphatic heterocycles. The minimum Gasteiger partial charge on any atom is -0.378 e. The number of ether oxygens (including phenoxy) is 1. The van der Waals surface area contributed by atoms with Crippen molar-refractivity contribution in [3.05, 3.63) is 21.3 Å². The molecule has 1 aromatic heterocycles. The van der Waals surface area contributed by atoms with E-state index in [1.807, 2.05) is 12.1 Å². The maximum absolute atomic E-state index is 6.06. The quantitative estimate of drug-likeness (QED) is 0.868. The first-order valence-electron chi connectivity index (χ1n) is 4.88. The summed E-state index contributed by atoms with van der Waals surface area (Å²) in [4.78, 5) is 1.16. The van der Waals surface area contributed by atoms with Crippen LogP contribution in [0.4, 0.5) is 0 Å². The van der Waals surface area contributed by atoms with Crippen LogP contribution in [-0.4, -0.2) is 12.7 Å². The van der Waals surface area contributed by atoms with Crippen LogP contribution in [0.3, 0.4) is 0 Å². The molecular weight excluding hydrogens is 218 g/mol. The summed E-state index contributed by atoms with van der Waals surface area (Å²) in [5, 5.41) is 0. The van der Waals surface area contributed by atoms with Gasteiger partial charge in [0.2, 0.25) is 0 Å². The molecule has 2 atom stereocenters. The van der Waals surface area contributed by atoms with Crippen LogP contribution in [-0.2, 0) is 4.74 Å². The zero-order valence-electron chi connectivity index (χ0n) is 7.91. The van der Waals surface area contributed by atoms with Crippen molar-refractivity contribution in [3.63, 3.8) is 0 Å². The van der Waals surface area contributed by atoms with Crippen molar-refractivity contribution < 1.29 is 4.74 Å². The van der Waals surface area contributed by atoms with Crippen molar-refractivity contribution >= 4 is 22.9 Å². The Morgan fingerprint density at radius 1 is 1.64 bits per heavy atom. The highest BCUT2D eigenvalue weighted by atomic mass is 35.5. The molecule has 0 radical (unpaired) electrons. The lowest BCUT2D eigenvalue weighted by Gasteiger charge is -2.14. The lowest BCUT2D eigenvalue weighted by Crippen LogP contribution is -2.17. The van der Waals surface area contributed by atoms with Gasteiger partial charge in [-0.05, 0) is 31.4 Å². The van der Waals surface area contributed by atoms with Crippen molar-refractivity contribution in [2.75, 3.05) is 6.61 Å². The average Bonchev–Trinajstić information content (AvgIpc) is 2.75. The van der Waals surface area contributed by atoms with Gasteiger partial charge in [-0.1, -0.05) is 11.6 Å². The maximum Gasteiger partial charge on any atom is 0.0931 e. The zero-order chi connectivity index (χ0) is 9.97. The predicted octanol–water partition coefficient (Wildman–Crippen LogP) is 2.97. The van der Waals surface area contributed by atoms with Crippen molar-refractivity contribution in [1.82, 2.24) is 0 Å². The molecule has 1 aliphatic rings. The Morgan fingerprint density at radius 3 is 3.07 bits per heavy atom. The van der Waals surface area contributed by atoms with E-state index in [0.29, 0.717) is 6.10 Å². The predicted molar refractivity (Wildman–Crippen MR) is 59.8 cm³/mol. The lowest BCUT2D eigenvalue weighted by molar-refractivity contribution is 0.0986. The summed E-state index contributed by atoms with van der Waals surface area (Å²) in [6.07, 6.45) is 3.58. The summed E-state index contributed by atoms with van der Waals surface area (Å²) < 4.78 is 6.35. The second-order valence-electron chi connectivity index (χ2n) is 3.62. The summed E-state index contributed by atoms with van der Waals surface area (Å²) in [6, 6.07) is 3.99. The average molecular weight is 232 g/mol. The van der Waals surface area contributed by atoms with Gasteiger partial charge in [-0.15, -0.1) is 11.3 Å². The molecule has 0 bridgehead atoms. The van der Waals surface area contributed by atoms with Gasteiger partial charge in [0, 0.05) is 17.5 Å². The van der Waals surface area contributed by atoms with E-state index < -0.39 is 0 Å². The summed E-state index contributed by atoms with van der Waals surface area (Å²) in [5.74, 6) is 0. The number of hydrogen-bond donors (Lipinski definition) is 1. The molecule has 1 aromatic rings. The number of nitrogens with two attached hydrogens (primary N) is 1. The first kappa shape index (κ1) is 10.4. The van der Waals surface area contributed by atoms with Crippen LogP contribution in [0, 0.1) is 0 Å². The van der Waals surface area contributed by atoms with E-state index in [2.05, 4.69) is 0 Å². The number of rotatable bonds is 3. The largest absolute Gasteiger partial charge is 0.378 e. The highest BCUT2D eigenvalue weighted by Gasteiger charge is 2.20. The van der Waals surface area contributed by atoms with Crippen molar-refractivity contribution in [2.45, 2.75) is 31.4 Å². The SMILES string of the molecule is NC(CC1CCCO1)c1ccc(Cl)s1. The topological polar surface area (TPSA) is 35.2 Å². The summed E-state index contributed by atoms with van der Waals surface area (Å²) in [7, 11) is 0. The van der Waals surface area contributed by atoms with Gasteiger partial charge in [0.1, 0.15) is 0 Å². The standard InChI is InChI=1S/C10H14ClNOS/c11-10-4-3-9(14-10)8(12)6-7-2-1-5-13-7/h3-4,7-8H,1-2,5-6,12H2. The van der Waals surface area contributed by atoms with E-state index in [1.54, 1.807) is 11.3 Å². The second-order valence-corrected chi connectivity index (χ2v) is 5.37. The molecular formula is C10H14ClNOS. The minimum absolute atomic E-state index is 0.0793. The molecule has 0 saturated carbocycles. The van der Waals surface area contributed by atoms with Gasteiger partial charge in [-0.2, -0.15) is 0 Å². The maximum atomic E-state index is 6.06. The van der Waals surface area contributed by atoms with Crippen LogP contribution in [0.25, 0.3) is 0 Å². The van der Waals surface area contributed by atoms with Crippen LogP contribution in [0.15, 0.2) is 12.1 Å². The second kappa shape index (κ2) is 4.62. The van der Waals surface area contributed by atoms with Gasteiger partial charge in [0.25, 0.3) is 0 Å². The first-order valence-corrected chi connectivity index (χ1v) is 6.07. The van der Waals surface area contributed by atoms with E-state index in [-0.39, 0.29) is 6.04 Å². The Labute approximate surface area is 93.0 Å². The third-order valence-electron chi connectivity index (χ3n) is 2.50. The molecule has 0 aliphatic carbocycles. The molecule has 0 aromatic carbocycles. The van der Waals surface area contributed by atoms with E-state index in [0.717, 1.165) is 28.7 Å². The van der Waals surface area contributed by atoms with Crippen LogP contribution in [0.5, 0.6) is 0 Å². The minimum atomic E-state index is 0.0793. The molecule has 1 fully saturated rings. The third kappa shape index (κ3) is 2.48. The Hall–Kier alpha value is -0.0900. The Balaban J connectivity index is 1.91. The molecule has 0 spiro atoms. The molecule has 2 rings (SSSR count). The van der Waals surface area contributed by atoms with Crippen molar-refractivity contribution in [3.8, 4) is 0 Å². The molecule has 4 heteroatoms. The summed E-state index contributed by atoms with van der Waals surface area (Å²) in [6.45, 7) is 0.891. The molecule has 0 amide bonds. The highest BCUT2D eigenvalue weighted by Crippen LogP contribution is 2.30. The van der Waals surface area contributed by atoms with Crippen LogP contribution >= 0.6 is 22.9 Å². The number of hydrogen-bond acceptors (Lipinski definition) is 3. The fourth-order valence-electron chi connectivity index (χ4n) is 1.76. The Bertz CT molecular complexity index is 296. The van der Waals surface area contributed by atoms with Gasteiger partial charge >= 0.3 is 0 Å². The van der Waals surface area contributed by atoms with E-state index in [1.165, 1.54) is 6.42 Å². The van der Waals surface area contributed by atoms with Gasteiger partial charge in [0.05, 0.1) is 10.4 Å². The fraction of sp³-hybridized carbons (Fsp3) is 0.600. The van der Waals surface area contributed by atoms with Crippen LogP contribution < -0.4 is 5.73 Å². The Kier molecular flexibility index (Phi) is 3.44. The zero-order valence-corrected chi connectivity index (χ0v) is 9.48. The number of thiophene rings is 1. The summed E-state index contributed by atoms with van der Waals surface area (Å²) in [5.41, 5.74) is 6.06. The summed E-state index contributed by atoms with van der Waals surface area (Å²) >= 11 is 7.42. The highest BCUT2D eigenvalue weighted by molar-refractivity contribution is 7.16. The fourth-order valence-corrected chi connectivity index (χ4v) is 2.83. The van der Waals surface area contributed by atoms with E-state index in [9.17, 15) is 0 Å². The molecule has 78 valence electrons. The van der Waals surface area contributed by atoms with Gasteiger partial charge in [-0.25, -0.2) is 0 Å². The van der Waals surface area contributed by atoms with Crippen molar-refractivity contribution in [2.24, 2.45) is 5.73 Å². The third-order valence-corrected chi connectivity index (χ3v) is 3.86. The number of halogens is 1. The monoisotopic (exact) mass is 231 g/mol. The van der Waals surface area contributed by atoms with Crippen LogP contribution in [0.1, 0.15) is 30.2 Å². The normalized spacial score (nSPS) is 24.0. The first-order chi connectivity index (χ1) is 6.75. The van der Waals surface area contributed by atoms with Gasteiger partial charge < -0.3 is 10.5 Å². The smallest absolute Gasteiger partial charge is 0.0931 e. The van der Waals surface area contributed by atoms with E-state index in [4.69, 9.17) is 22.1 Å². The molecule has 2 unspecified atom stereocenters. The van der Waals surface area contributed by atoms with Gasteiger partial charge in [-0.3, -0.25) is 0 Å². The molecule has 2 nitrogen and oxygen atoms in total. The molecule has 2 N–H and O–H groups in total.